The molecule has 0 fully saturated rings. The summed E-state index contributed by atoms with van der Waals surface area (Å²) in [7, 11) is 0. The summed E-state index contributed by atoms with van der Waals surface area (Å²) < 4.78 is 0. The molecular weight excluding hydrogens is 190 g/mol. The lowest BCUT2D eigenvalue weighted by Gasteiger charge is -2.14. The largest absolute Gasteiger partial charge is 0.392 e. The number of rotatable bonds is 6. The van der Waals surface area contributed by atoms with Gasteiger partial charge in [0.25, 0.3) is 0 Å². The third-order valence-corrected chi connectivity index (χ3v) is 2.37. The minimum Gasteiger partial charge on any atom is -0.392 e. The smallest absolute Gasteiger partial charge is 0.0914 e. The normalized spacial score (nSPS) is 14.9. The van der Waals surface area contributed by atoms with Crippen LogP contribution in [-0.2, 0) is 0 Å². The van der Waals surface area contributed by atoms with Gasteiger partial charge < -0.3 is 15.5 Å². The second-order valence-corrected chi connectivity index (χ2v) is 3.65. The van der Waals surface area contributed by atoms with Crippen molar-refractivity contribution >= 4 is 0 Å². The van der Waals surface area contributed by atoms with Crippen LogP contribution in [0, 0.1) is 0 Å². The highest BCUT2D eigenvalue weighted by molar-refractivity contribution is 5.17. The molecule has 2 unspecified atom stereocenters. The van der Waals surface area contributed by atoms with E-state index in [2.05, 4.69) is 5.32 Å². The van der Waals surface area contributed by atoms with Gasteiger partial charge in [0, 0.05) is 13.1 Å². The molecule has 0 aromatic heterocycles. The van der Waals surface area contributed by atoms with Crippen molar-refractivity contribution in [1.82, 2.24) is 5.32 Å². The lowest BCUT2D eigenvalue weighted by Crippen LogP contribution is -2.29. The maximum Gasteiger partial charge on any atom is 0.0914 e. The van der Waals surface area contributed by atoms with Crippen molar-refractivity contribution < 1.29 is 10.2 Å². The first kappa shape index (κ1) is 12.2. The molecule has 0 saturated carbocycles. The van der Waals surface area contributed by atoms with Crippen molar-refractivity contribution in [3.8, 4) is 0 Å². The zero-order valence-electron chi connectivity index (χ0n) is 9.06. The Balaban J connectivity index is 2.28. The number of benzene rings is 1. The Kier molecular flexibility index (Phi) is 5.32. The van der Waals surface area contributed by atoms with E-state index in [4.69, 9.17) is 0 Å². The van der Waals surface area contributed by atoms with Crippen molar-refractivity contribution in [2.45, 2.75) is 25.6 Å². The van der Waals surface area contributed by atoms with E-state index in [0.717, 1.165) is 12.0 Å². The molecule has 2 atom stereocenters. The van der Waals surface area contributed by atoms with E-state index in [1.165, 1.54) is 0 Å². The minimum atomic E-state index is -0.504. The van der Waals surface area contributed by atoms with Crippen LogP contribution >= 0.6 is 0 Å². The molecule has 0 heterocycles. The molecule has 1 rings (SSSR count). The van der Waals surface area contributed by atoms with Crippen LogP contribution in [0.15, 0.2) is 30.3 Å². The number of hydrogen-bond acceptors (Lipinski definition) is 3. The molecule has 0 amide bonds. The maximum atomic E-state index is 9.76. The third kappa shape index (κ3) is 4.42. The molecule has 3 heteroatoms. The van der Waals surface area contributed by atoms with Crippen molar-refractivity contribution in [2.75, 3.05) is 13.1 Å². The fraction of sp³-hybridized carbons (Fsp3) is 0.500. The Hall–Kier alpha value is -0.900. The fourth-order valence-electron chi connectivity index (χ4n) is 1.32. The van der Waals surface area contributed by atoms with Gasteiger partial charge in [-0.25, -0.2) is 0 Å². The van der Waals surface area contributed by atoms with Gasteiger partial charge in [0.15, 0.2) is 0 Å². The van der Waals surface area contributed by atoms with Gasteiger partial charge in [-0.05, 0) is 12.0 Å². The van der Waals surface area contributed by atoms with E-state index in [1.807, 2.05) is 37.3 Å². The van der Waals surface area contributed by atoms with Crippen LogP contribution in [0.25, 0.3) is 0 Å². The molecule has 0 aliphatic carbocycles. The van der Waals surface area contributed by atoms with E-state index in [-0.39, 0.29) is 6.10 Å². The van der Waals surface area contributed by atoms with Crippen LogP contribution in [0.5, 0.6) is 0 Å². The highest BCUT2D eigenvalue weighted by Crippen LogP contribution is 2.10. The Morgan fingerprint density at radius 3 is 2.40 bits per heavy atom. The molecule has 3 nitrogen and oxygen atoms in total. The van der Waals surface area contributed by atoms with Gasteiger partial charge in [0.2, 0.25) is 0 Å². The molecule has 84 valence electrons. The standard InChI is InChI=1S/C12H19NO2/c1-2-11(14)8-13-9-12(15)10-6-4-3-5-7-10/h3-7,11-15H,2,8-9H2,1H3. The Morgan fingerprint density at radius 2 is 1.80 bits per heavy atom. The number of nitrogens with one attached hydrogen (secondary N) is 1. The van der Waals surface area contributed by atoms with Crippen LogP contribution < -0.4 is 5.32 Å². The highest BCUT2D eigenvalue weighted by Gasteiger charge is 2.06. The quantitative estimate of drug-likeness (QED) is 0.657. The summed E-state index contributed by atoms with van der Waals surface area (Å²) in [5, 5.41) is 22.1. The molecular formula is C12H19NO2. The van der Waals surface area contributed by atoms with E-state index >= 15 is 0 Å². The fourth-order valence-corrected chi connectivity index (χ4v) is 1.32. The predicted octanol–water partition coefficient (Wildman–Crippen LogP) is 1.08. The second kappa shape index (κ2) is 6.56. The molecule has 0 saturated heterocycles. The zero-order chi connectivity index (χ0) is 11.1. The molecule has 1 aromatic carbocycles. The average molecular weight is 209 g/mol. The second-order valence-electron chi connectivity index (χ2n) is 3.65. The van der Waals surface area contributed by atoms with E-state index in [0.29, 0.717) is 13.1 Å². The maximum absolute atomic E-state index is 9.76. The summed E-state index contributed by atoms with van der Waals surface area (Å²) in [6, 6.07) is 9.51. The first-order valence-electron chi connectivity index (χ1n) is 5.35. The van der Waals surface area contributed by atoms with E-state index in [9.17, 15) is 10.2 Å². The van der Waals surface area contributed by atoms with Gasteiger partial charge in [0.1, 0.15) is 0 Å². The molecule has 3 N–H and O–H groups in total. The summed E-state index contributed by atoms with van der Waals surface area (Å²) in [5.74, 6) is 0. The summed E-state index contributed by atoms with van der Waals surface area (Å²) in [4.78, 5) is 0. The van der Waals surface area contributed by atoms with Crippen LogP contribution in [0.3, 0.4) is 0 Å². The van der Waals surface area contributed by atoms with Gasteiger partial charge in [-0.2, -0.15) is 0 Å². The topological polar surface area (TPSA) is 52.5 Å². The van der Waals surface area contributed by atoms with Gasteiger partial charge in [0.05, 0.1) is 12.2 Å². The minimum absolute atomic E-state index is 0.326. The monoisotopic (exact) mass is 209 g/mol. The summed E-state index contributed by atoms with van der Waals surface area (Å²) >= 11 is 0. The third-order valence-electron chi connectivity index (χ3n) is 2.37. The summed E-state index contributed by atoms with van der Waals surface area (Å²) in [6.07, 6.45) is -0.0998. The van der Waals surface area contributed by atoms with Gasteiger partial charge in [-0.3, -0.25) is 0 Å². The molecule has 0 aliphatic heterocycles. The van der Waals surface area contributed by atoms with Gasteiger partial charge in [-0.1, -0.05) is 37.3 Å². The van der Waals surface area contributed by atoms with Crippen LogP contribution in [0.1, 0.15) is 25.0 Å². The molecule has 0 spiro atoms. The van der Waals surface area contributed by atoms with Crippen molar-refractivity contribution in [1.29, 1.82) is 0 Å². The molecule has 0 bridgehead atoms. The van der Waals surface area contributed by atoms with E-state index in [1.54, 1.807) is 0 Å². The molecule has 1 aromatic rings. The van der Waals surface area contributed by atoms with Gasteiger partial charge >= 0.3 is 0 Å². The first-order valence-corrected chi connectivity index (χ1v) is 5.35. The van der Waals surface area contributed by atoms with E-state index < -0.39 is 6.10 Å². The molecule has 0 aliphatic rings. The lowest BCUT2D eigenvalue weighted by atomic mass is 10.1. The van der Waals surface area contributed by atoms with Crippen molar-refractivity contribution in [3.05, 3.63) is 35.9 Å². The average Bonchev–Trinajstić information content (AvgIpc) is 2.29. The number of aliphatic hydroxyl groups excluding tert-OH is 2. The summed E-state index contributed by atoms with van der Waals surface area (Å²) in [5.41, 5.74) is 0.899. The van der Waals surface area contributed by atoms with Gasteiger partial charge in [-0.15, -0.1) is 0 Å². The molecule has 15 heavy (non-hydrogen) atoms. The van der Waals surface area contributed by atoms with Crippen LogP contribution in [-0.4, -0.2) is 29.4 Å². The Morgan fingerprint density at radius 1 is 1.13 bits per heavy atom. The van der Waals surface area contributed by atoms with Crippen molar-refractivity contribution in [2.24, 2.45) is 0 Å². The number of hydrogen-bond donors (Lipinski definition) is 3. The zero-order valence-corrected chi connectivity index (χ0v) is 9.06. The first-order chi connectivity index (χ1) is 7.24. The predicted molar refractivity (Wildman–Crippen MR) is 60.6 cm³/mol. The SMILES string of the molecule is CCC(O)CNCC(O)c1ccccc1. The van der Waals surface area contributed by atoms with Crippen molar-refractivity contribution in [3.63, 3.8) is 0 Å². The van der Waals surface area contributed by atoms with Crippen LogP contribution in [0.2, 0.25) is 0 Å². The lowest BCUT2D eigenvalue weighted by molar-refractivity contribution is 0.144. The van der Waals surface area contributed by atoms with Crippen LogP contribution in [0.4, 0.5) is 0 Å². The number of aliphatic hydroxyl groups is 2. The Labute approximate surface area is 90.8 Å². The molecule has 0 radical (unpaired) electrons. The Bertz CT molecular complexity index is 264. The highest BCUT2D eigenvalue weighted by atomic mass is 16.3. The summed E-state index contributed by atoms with van der Waals surface area (Å²) in [6.45, 7) is 2.93.